The van der Waals surface area contributed by atoms with Gasteiger partial charge in [0.1, 0.15) is 17.6 Å². The summed E-state index contributed by atoms with van der Waals surface area (Å²) in [7, 11) is 1.86. The molecule has 0 aliphatic heterocycles. The molecule has 0 saturated heterocycles. The fraction of sp³-hybridized carbons (Fsp3) is 0.143. The van der Waals surface area contributed by atoms with Gasteiger partial charge in [-0.2, -0.15) is 5.26 Å². The van der Waals surface area contributed by atoms with Crippen molar-refractivity contribution >= 4 is 15.9 Å². The molecule has 1 N–H and O–H groups in total. The van der Waals surface area contributed by atoms with Crippen LogP contribution in [0.4, 0.5) is 0 Å². The average Bonchev–Trinajstić information content (AvgIpc) is 2.41. The van der Waals surface area contributed by atoms with Crippen LogP contribution in [0.5, 0.6) is 11.5 Å². The lowest BCUT2D eigenvalue weighted by molar-refractivity contribution is 0.478. The van der Waals surface area contributed by atoms with Gasteiger partial charge in [0.2, 0.25) is 0 Å². The number of nitrogens with one attached hydrogen (secondary N) is 1. The summed E-state index contributed by atoms with van der Waals surface area (Å²) in [5.41, 5.74) is 1.55. The standard InChI is InChI=1S/C14H12BrN3O/c1-17-7-10-2-3-14(11(4-10)6-16)19-13-5-12(15)8-18-9-13/h2-5,8-9,17H,7H2,1H3. The Bertz CT molecular complexity index is 622. The minimum absolute atomic E-state index is 0.507. The zero-order chi connectivity index (χ0) is 13.7. The number of ether oxygens (including phenoxy) is 1. The Morgan fingerprint density at radius 3 is 2.89 bits per heavy atom. The van der Waals surface area contributed by atoms with E-state index in [1.165, 1.54) is 0 Å². The fourth-order valence-electron chi connectivity index (χ4n) is 1.64. The van der Waals surface area contributed by atoms with Gasteiger partial charge in [0.15, 0.2) is 0 Å². The molecule has 0 aliphatic carbocycles. The molecular weight excluding hydrogens is 306 g/mol. The Morgan fingerprint density at radius 2 is 2.21 bits per heavy atom. The van der Waals surface area contributed by atoms with Gasteiger partial charge in [0.05, 0.1) is 11.8 Å². The van der Waals surface area contributed by atoms with Gasteiger partial charge in [-0.3, -0.25) is 4.98 Å². The smallest absolute Gasteiger partial charge is 0.146 e. The van der Waals surface area contributed by atoms with Gasteiger partial charge < -0.3 is 10.1 Å². The van der Waals surface area contributed by atoms with Gasteiger partial charge in [-0.15, -0.1) is 0 Å². The van der Waals surface area contributed by atoms with E-state index in [0.717, 1.165) is 10.0 Å². The predicted molar refractivity (Wildman–Crippen MR) is 75.9 cm³/mol. The van der Waals surface area contributed by atoms with E-state index in [4.69, 9.17) is 10.00 Å². The van der Waals surface area contributed by atoms with Crippen molar-refractivity contribution < 1.29 is 4.74 Å². The average molecular weight is 318 g/mol. The molecule has 0 spiro atoms. The number of aromatic nitrogens is 1. The highest BCUT2D eigenvalue weighted by atomic mass is 79.9. The minimum atomic E-state index is 0.507. The summed E-state index contributed by atoms with van der Waals surface area (Å²) >= 11 is 3.33. The summed E-state index contributed by atoms with van der Waals surface area (Å²) in [5, 5.41) is 12.2. The van der Waals surface area contributed by atoms with Crippen LogP contribution in [0.1, 0.15) is 11.1 Å². The van der Waals surface area contributed by atoms with Crippen LogP contribution in [-0.4, -0.2) is 12.0 Å². The molecular formula is C14H12BrN3O. The monoisotopic (exact) mass is 317 g/mol. The number of hydrogen-bond donors (Lipinski definition) is 1. The van der Waals surface area contributed by atoms with Crippen molar-refractivity contribution in [1.29, 1.82) is 5.26 Å². The molecule has 96 valence electrons. The second-order valence-electron chi connectivity index (χ2n) is 3.91. The number of nitrogens with zero attached hydrogens (tertiary/aromatic N) is 2. The van der Waals surface area contributed by atoms with E-state index < -0.39 is 0 Å². The molecule has 1 heterocycles. The lowest BCUT2D eigenvalue weighted by Gasteiger charge is -2.09. The zero-order valence-electron chi connectivity index (χ0n) is 10.4. The van der Waals surface area contributed by atoms with Crippen LogP contribution in [0.15, 0.2) is 41.1 Å². The predicted octanol–water partition coefficient (Wildman–Crippen LogP) is 3.23. The molecule has 0 aliphatic rings. The van der Waals surface area contributed by atoms with E-state index in [2.05, 4.69) is 32.3 Å². The summed E-state index contributed by atoms with van der Waals surface area (Å²) in [5.74, 6) is 1.12. The first-order valence-corrected chi connectivity index (χ1v) is 6.48. The Kier molecular flexibility index (Phi) is 4.50. The van der Waals surface area contributed by atoms with Gasteiger partial charge in [0, 0.05) is 17.2 Å². The third-order valence-electron chi connectivity index (χ3n) is 2.45. The summed E-state index contributed by atoms with van der Waals surface area (Å²) < 4.78 is 6.51. The highest BCUT2D eigenvalue weighted by Crippen LogP contribution is 2.27. The maximum atomic E-state index is 9.17. The highest BCUT2D eigenvalue weighted by molar-refractivity contribution is 9.10. The summed E-state index contributed by atoms with van der Waals surface area (Å²) in [4.78, 5) is 4.02. The van der Waals surface area contributed by atoms with E-state index in [1.807, 2.05) is 19.2 Å². The second-order valence-corrected chi connectivity index (χ2v) is 4.83. The molecule has 0 fully saturated rings. The highest BCUT2D eigenvalue weighted by Gasteiger charge is 2.06. The Balaban J connectivity index is 2.28. The van der Waals surface area contributed by atoms with Gasteiger partial charge in [-0.1, -0.05) is 6.07 Å². The van der Waals surface area contributed by atoms with Crippen LogP contribution in [0, 0.1) is 11.3 Å². The summed E-state index contributed by atoms with van der Waals surface area (Å²) in [6, 6.07) is 9.49. The van der Waals surface area contributed by atoms with E-state index >= 15 is 0 Å². The molecule has 5 heteroatoms. The lowest BCUT2D eigenvalue weighted by Crippen LogP contribution is -2.05. The van der Waals surface area contributed by atoms with Crippen LogP contribution < -0.4 is 10.1 Å². The quantitative estimate of drug-likeness (QED) is 0.940. The van der Waals surface area contributed by atoms with Crippen molar-refractivity contribution in [2.45, 2.75) is 6.54 Å². The summed E-state index contributed by atoms with van der Waals surface area (Å²) in [6.07, 6.45) is 3.28. The zero-order valence-corrected chi connectivity index (χ0v) is 11.9. The topological polar surface area (TPSA) is 57.9 Å². The molecule has 0 radical (unpaired) electrons. The lowest BCUT2D eigenvalue weighted by atomic mass is 10.1. The van der Waals surface area contributed by atoms with Crippen molar-refractivity contribution in [3.05, 3.63) is 52.3 Å². The molecule has 0 saturated carbocycles. The molecule has 0 unspecified atom stereocenters. The van der Waals surface area contributed by atoms with Crippen LogP contribution in [0.2, 0.25) is 0 Å². The number of rotatable bonds is 4. The Morgan fingerprint density at radius 1 is 1.37 bits per heavy atom. The van der Waals surface area contributed by atoms with Crippen molar-refractivity contribution in [2.75, 3.05) is 7.05 Å². The number of pyridine rings is 1. The maximum Gasteiger partial charge on any atom is 0.146 e. The van der Waals surface area contributed by atoms with Crippen LogP contribution in [0.3, 0.4) is 0 Å². The number of benzene rings is 1. The van der Waals surface area contributed by atoms with E-state index in [1.54, 1.807) is 24.5 Å². The molecule has 2 rings (SSSR count). The number of hydrogen-bond acceptors (Lipinski definition) is 4. The first-order valence-electron chi connectivity index (χ1n) is 5.69. The Hall–Kier alpha value is -1.90. The van der Waals surface area contributed by atoms with Crippen molar-refractivity contribution in [2.24, 2.45) is 0 Å². The van der Waals surface area contributed by atoms with E-state index in [-0.39, 0.29) is 0 Å². The van der Waals surface area contributed by atoms with Gasteiger partial charge in [-0.05, 0) is 46.7 Å². The molecule has 1 aromatic carbocycles. The minimum Gasteiger partial charge on any atom is -0.454 e. The fourth-order valence-corrected chi connectivity index (χ4v) is 1.99. The third-order valence-corrected chi connectivity index (χ3v) is 2.89. The van der Waals surface area contributed by atoms with Gasteiger partial charge in [-0.25, -0.2) is 0 Å². The van der Waals surface area contributed by atoms with Gasteiger partial charge >= 0.3 is 0 Å². The largest absolute Gasteiger partial charge is 0.454 e. The maximum absolute atomic E-state index is 9.17. The molecule has 2 aromatic rings. The van der Waals surface area contributed by atoms with Crippen molar-refractivity contribution in [1.82, 2.24) is 10.3 Å². The molecule has 0 bridgehead atoms. The number of nitriles is 1. The first-order chi connectivity index (χ1) is 9.22. The molecule has 4 nitrogen and oxygen atoms in total. The molecule has 19 heavy (non-hydrogen) atoms. The second kappa shape index (κ2) is 6.32. The summed E-state index contributed by atoms with van der Waals surface area (Å²) in [6.45, 7) is 0.716. The molecule has 0 atom stereocenters. The van der Waals surface area contributed by atoms with Crippen LogP contribution in [0.25, 0.3) is 0 Å². The SMILES string of the molecule is CNCc1ccc(Oc2cncc(Br)c2)c(C#N)c1. The van der Waals surface area contributed by atoms with E-state index in [9.17, 15) is 0 Å². The first kappa shape index (κ1) is 13.5. The third kappa shape index (κ3) is 3.53. The van der Waals surface area contributed by atoms with Gasteiger partial charge in [0.25, 0.3) is 0 Å². The van der Waals surface area contributed by atoms with E-state index in [0.29, 0.717) is 23.6 Å². The van der Waals surface area contributed by atoms with Crippen LogP contribution in [-0.2, 0) is 6.54 Å². The van der Waals surface area contributed by atoms with Crippen molar-refractivity contribution in [3.8, 4) is 17.6 Å². The normalized spacial score (nSPS) is 9.95. The van der Waals surface area contributed by atoms with Crippen LogP contribution >= 0.6 is 15.9 Å². The molecule has 1 aromatic heterocycles. The van der Waals surface area contributed by atoms with Crippen molar-refractivity contribution in [3.63, 3.8) is 0 Å². The number of halogens is 1. The Labute approximate surface area is 120 Å². The molecule has 0 amide bonds.